The molecule has 1 N–H and O–H groups in total. The number of amides is 3. The predicted octanol–water partition coefficient (Wildman–Crippen LogP) is 1.19. The van der Waals surface area contributed by atoms with Gasteiger partial charge in [0.1, 0.15) is 23.8 Å². The topological polar surface area (TPSA) is 121 Å². The summed E-state index contributed by atoms with van der Waals surface area (Å²) < 4.78 is 8.41. The van der Waals surface area contributed by atoms with Gasteiger partial charge in [0, 0.05) is 26.7 Å². The standard InChI is InChI=1S/C28H36N6O5/c1-5-14-31(4)24(36)21-22-25(37)33(16-17-35)23(28(22)13-12-27(21,7-3)39-28)26(38)32(15-6-2)18-34-20-11-9-8-10-19(20)29-30-34/h5-6,8-11,21-23,35H,1-2,7,12-18H2,3-4H3/t21-,22+,23?,27+,28?/m1/s1. The van der Waals surface area contributed by atoms with Crippen LogP contribution in [-0.4, -0.2) is 103 Å². The molecule has 208 valence electrons. The van der Waals surface area contributed by atoms with Crippen LogP contribution in [0.15, 0.2) is 49.6 Å². The van der Waals surface area contributed by atoms with E-state index in [9.17, 15) is 19.5 Å². The molecule has 39 heavy (non-hydrogen) atoms. The van der Waals surface area contributed by atoms with Crippen LogP contribution < -0.4 is 0 Å². The van der Waals surface area contributed by atoms with Crippen molar-refractivity contribution in [1.82, 2.24) is 29.7 Å². The van der Waals surface area contributed by atoms with Crippen LogP contribution in [0, 0.1) is 11.8 Å². The van der Waals surface area contributed by atoms with E-state index in [2.05, 4.69) is 23.5 Å². The summed E-state index contributed by atoms with van der Waals surface area (Å²) in [7, 11) is 1.69. The minimum absolute atomic E-state index is 0.0342. The Bertz CT molecular complexity index is 1310. The van der Waals surface area contributed by atoms with Crippen molar-refractivity contribution >= 4 is 28.8 Å². The van der Waals surface area contributed by atoms with Gasteiger partial charge in [-0.2, -0.15) is 0 Å². The maximum atomic E-state index is 14.4. The molecule has 0 saturated carbocycles. The summed E-state index contributed by atoms with van der Waals surface area (Å²) in [5, 5.41) is 18.3. The number of nitrogens with zero attached hydrogens (tertiary/aromatic N) is 6. The number of aliphatic hydroxyl groups is 1. The van der Waals surface area contributed by atoms with Crippen molar-refractivity contribution in [3.63, 3.8) is 0 Å². The number of benzene rings is 1. The molecule has 5 atom stereocenters. The molecule has 3 fully saturated rings. The van der Waals surface area contributed by atoms with Crippen LogP contribution in [0.1, 0.15) is 26.2 Å². The summed E-state index contributed by atoms with van der Waals surface area (Å²) in [5.41, 5.74) is -0.530. The number of β-amino-alcohol motifs (C(OH)–C–C–N with tert-alkyl or cyclic N) is 1. The minimum Gasteiger partial charge on any atom is -0.395 e. The lowest BCUT2D eigenvalue weighted by atomic mass is 9.64. The molecule has 1 spiro atoms. The van der Waals surface area contributed by atoms with Crippen molar-refractivity contribution in [3.8, 4) is 0 Å². The number of rotatable bonds is 11. The number of ether oxygens (including phenoxy) is 1. The molecule has 3 aliphatic heterocycles. The normalized spacial score (nSPS) is 29.1. The van der Waals surface area contributed by atoms with Crippen LogP contribution in [0.3, 0.4) is 0 Å². The van der Waals surface area contributed by atoms with Crippen molar-refractivity contribution in [2.75, 3.05) is 33.3 Å². The number of para-hydroxylation sites is 1. The molecule has 2 aromatic rings. The van der Waals surface area contributed by atoms with E-state index in [1.165, 1.54) is 4.90 Å². The lowest BCUT2D eigenvalue weighted by Crippen LogP contribution is -2.57. The van der Waals surface area contributed by atoms with E-state index in [1.807, 2.05) is 31.2 Å². The Hall–Kier alpha value is -3.57. The fourth-order valence-corrected chi connectivity index (χ4v) is 6.97. The van der Waals surface area contributed by atoms with Crippen molar-refractivity contribution in [2.45, 2.75) is 50.1 Å². The molecule has 0 aliphatic carbocycles. The molecule has 2 unspecified atom stereocenters. The van der Waals surface area contributed by atoms with Gasteiger partial charge in [0.05, 0.1) is 29.6 Å². The lowest BCUT2D eigenvalue weighted by Gasteiger charge is -2.36. The first-order valence-corrected chi connectivity index (χ1v) is 13.4. The highest BCUT2D eigenvalue weighted by Crippen LogP contribution is 2.64. The van der Waals surface area contributed by atoms with E-state index in [0.29, 0.717) is 31.3 Å². The summed E-state index contributed by atoms with van der Waals surface area (Å²) in [6, 6.07) is 6.47. The molecule has 4 heterocycles. The van der Waals surface area contributed by atoms with Gasteiger partial charge in [-0.25, -0.2) is 4.68 Å². The van der Waals surface area contributed by atoms with Crippen LogP contribution in [0.4, 0.5) is 0 Å². The fraction of sp³-hybridized carbons (Fsp3) is 0.536. The summed E-state index contributed by atoms with van der Waals surface area (Å²) >= 11 is 0. The summed E-state index contributed by atoms with van der Waals surface area (Å²) in [6.07, 6.45) is 4.84. The highest BCUT2D eigenvalue weighted by Gasteiger charge is 2.78. The monoisotopic (exact) mass is 536 g/mol. The summed E-state index contributed by atoms with van der Waals surface area (Å²) in [5.74, 6) is -2.39. The van der Waals surface area contributed by atoms with Gasteiger partial charge in [-0.05, 0) is 31.4 Å². The Morgan fingerprint density at radius 2 is 1.95 bits per heavy atom. The molecular weight excluding hydrogens is 500 g/mol. The van der Waals surface area contributed by atoms with E-state index < -0.39 is 29.1 Å². The summed E-state index contributed by atoms with van der Waals surface area (Å²) in [4.78, 5) is 46.7. The molecule has 3 saturated heterocycles. The van der Waals surface area contributed by atoms with E-state index >= 15 is 0 Å². The maximum Gasteiger partial charge on any atom is 0.250 e. The molecule has 1 aromatic carbocycles. The van der Waals surface area contributed by atoms with Gasteiger partial charge >= 0.3 is 0 Å². The SMILES string of the molecule is C=CCN(C)C(=O)[C@H]1[C@H]2C(=O)N(CCO)C(C(=O)N(CC=C)Cn3nnc4ccccc43)C23CC[C@]1(CC)O3. The first-order valence-electron chi connectivity index (χ1n) is 13.4. The molecule has 2 bridgehead atoms. The Labute approximate surface area is 227 Å². The lowest BCUT2D eigenvalue weighted by molar-refractivity contribution is -0.155. The van der Waals surface area contributed by atoms with Crippen molar-refractivity contribution < 1.29 is 24.2 Å². The molecule has 5 rings (SSSR count). The van der Waals surface area contributed by atoms with Crippen LogP contribution in [0.2, 0.25) is 0 Å². The van der Waals surface area contributed by atoms with E-state index in [0.717, 1.165) is 5.52 Å². The molecule has 1 aromatic heterocycles. The van der Waals surface area contributed by atoms with Crippen molar-refractivity contribution in [3.05, 3.63) is 49.6 Å². The first-order chi connectivity index (χ1) is 18.8. The van der Waals surface area contributed by atoms with E-state index in [1.54, 1.807) is 33.7 Å². The third-order valence-corrected chi connectivity index (χ3v) is 8.69. The van der Waals surface area contributed by atoms with E-state index in [4.69, 9.17) is 4.74 Å². The Morgan fingerprint density at radius 3 is 2.64 bits per heavy atom. The average molecular weight is 537 g/mol. The Balaban J connectivity index is 1.55. The fourth-order valence-electron chi connectivity index (χ4n) is 6.97. The van der Waals surface area contributed by atoms with Gasteiger partial charge in [-0.3, -0.25) is 14.4 Å². The van der Waals surface area contributed by atoms with Gasteiger partial charge in [-0.15, -0.1) is 18.3 Å². The highest BCUT2D eigenvalue weighted by molar-refractivity contribution is 5.99. The number of likely N-dealkylation sites (tertiary alicyclic amines) is 1. The second-order valence-corrected chi connectivity index (χ2v) is 10.7. The first kappa shape index (κ1) is 27.0. The molecule has 11 heteroatoms. The number of fused-ring (bicyclic) bond motifs is 2. The van der Waals surface area contributed by atoms with Crippen LogP contribution in [-0.2, 0) is 25.8 Å². The maximum absolute atomic E-state index is 14.4. The quantitative estimate of drug-likeness (QED) is 0.428. The van der Waals surface area contributed by atoms with Crippen molar-refractivity contribution in [1.29, 1.82) is 0 Å². The Morgan fingerprint density at radius 1 is 1.21 bits per heavy atom. The number of carbonyl (C=O) groups excluding carboxylic acids is 3. The molecule has 11 nitrogen and oxygen atoms in total. The van der Waals surface area contributed by atoms with Gasteiger partial charge in [0.15, 0.2) is 0 Å². The van der Waals surface area contributed by atoms with Gasteiger partial charge in [0.2, 0.25) is 17.7 Å². The van der Waals surface area contributed by atoms with Crippen LogP contribution in [0.5, 0.6) is 0 Å². The second kappa shape index (κ2) is 10.2. The Kier molecular flexibility index (Phi) is 7.06. The number of hydrogen-bond acceptors (Lipinski definition) is 7. The zero-order valence-corrected chi connectivity index (χ0v) is 22.5. The van der Waals surface area contributed by atoms with Crippen molar-refractivity contribution in [2.24, 2.45) is 11.8 Å². The van der Waals surface area contributed by atoms with Gasteiger partial charge in [0.25, 0.3) is 0 Å². The molecule has 0 radical (unpaired) electrons. The number of hydrogen-bond donors (Lipinski definition) is 1. The average Bonchev–Trinajstić information content (AvgIpc) is 3.66. The number of likely N-dealkylation sites (N-methyl/N-ethyl adjacent to an activating group) is 1. The zero-order chi connectivity index (χ0) is 27.9. The van der Waals surface area contributed by atoms with Gasteiger partial charge in [-0.1, -0.05) is 36.4 Å². The highest BCUT2D eigenvalue weighted by atomic mass is 16.5. The minimum atomic E-state index is -1.17. The number of carbonyl (C=O) groups is 3. The van der Waals surface area contributed by atoms with E-state index in [-0.39, 0.29) is 44.1 Å². The van der Waals surface area contributed by atoms with Crippen LogP contribution in [0.25, 0.3) is 11.0 Å². The number of aromatic nitrogens is 3. The molecule has 3 amide bonds. The van der Waals surface area contributed by atoms with Gasteiger partial charge < -0.3 is 24.5 Å². The largest absolute Gasteiger partial charge is 0.395 e. The molecule has 3 aliphatic rings. The smallest absolute Gasteiger partial charge is 0.250 e. The third-order valence-electron chi connectivity index (χ3n) is 8.69. The summed E-state index contributed by atoms with van der Waals surface area (Å²) in [6.45, 7) is 9.80. The predicted molar refractivity (Wildman–Crippen MR) is 143 cm³/mol. The number of aliphatic hydroxyl groups excluding tert-OH is 1. The van der Waals surface area contributed by atoms with Crippen LogP contribution >= 0.6 is 0 Å². The molecular formula is C28H36N6O5. The second-order valence-electron chi connectivity index (χ2n) is 10.7. The third kappa shape index (κ3) is 3.98. The zero-order valence-electron chi connectivity index (χ0n) is 22.5.